The lowest BCUT2D eigenvalue weighted by molar-refractivity contribution is 0.682. The van der Waals surface area contributed by atoms with Gasteiger partial charge in [0, 0.05) is 9.79 Å². The Labute approximate surface area is 137 Å². The molecule has 0 aliphatic carbocycles. The molecule has 2 atom stereocenters. The van der Waals surface area contributed by atoms with Gasteiger partial charge in [-0.3, -0.25) is 4.21 Å². The minimum Gasteiger partial charge on any atom is -0.253 e. The van der Waals surface area contributed by atoms with E-state index in [-0.39, 0.29) is 4.58 Å². The minimum atomic E-state index is -1.11. The van der Waals surface area contributed by atoms with E-state index in [1.165, 1.54) is 0 Å². The monoisotopic (exact) mass is 324 g/mol. The molecule has 0 aliphatic rings. The van der Waals surface area contributed by atoms with Gasteiger partial charge >= 0.3 is 0 Å². The van der Waals surface area contributed by atoms with E-state index in [1.807, 2.05) is 78.9 Å². The Bertz CT molecular complexity index is 727. The van der Waals surface area contributed by atoms with E-state index < -0.39 is 10.8 Å². The smallest absolute Gasteiger partial charge is 0.114 e. The number of hydrogen-bond acceptors (Lipinski definition) is 2. The fraction of sp³-hybridized carbons (Fsp3) is 0.0526. The summed E-state index contributed by atoms with van der Waals surface area (Å²) in [4.78, 5) is 1.99. The normalized spacial score (nSPS) is 13.5. The summed E-state index contributed by atoms with van der Waals surface area (Å²) >= 11 is 1.64. The summed E-state index contributed by atoms with van der Waals surface area (Å²) in [5.41, 5.74) is 1.08. The first kappa shape index (κ1) is 15.1. The third kappa shape index (κ3) is 3.67. The molecule has 3 aromatic rings. The van der Waals surface area contributed by atoms with E-state index in [2.05, 4.69) is 12.1 Å². The summed E-state index contributed by atoms with van der Waals surface area (Å²) in [5.74, 6) is 0. The summed E-state index contributed by atoms with van der Waals surface area (Å²) in [6.07, 6.45) is 0. The van der Waals surface area contributed by atoms with Crippen LogP contribution in [-0.4, -0.2) is 4.21 Å². The SMILES string of the molecule is O=S(c1ccccc1)C(Sc1ccccc1)c1ccccc1. The molecule has 0 saturated heterocycles. The molecule has 3 rings (SSSR count). The molecule has 3 aromatic carbocycles. The molecular formula is C19H16OS2. The molecule has 110 valence electrons. The van der Waals surface area contributed by atoms with Crippen LogP contribution < -0.4 is 0 Å². The van der Waals surface area contributed by atoms with Gasteiger partial charge in [0.25, 0.3) is 0 Å². The molecular weight excluding hydrogens is 308 g/mol. The largest absolute Gasteiger partial charge is 0.253 e. The van der Waals surface area contributed by atoms with Gasteiger partial charge in [0.1, 0.15) is 4.58 Å². The zero-order valence-corrected chi connectivity index (χ0v) is 13.6. The minimum absolute atomic E-state index is 0.119. The first-order chi connectivity index (χ1) is 10.8. The van der Waals surface area contributed by atoms with E-state index in [1.54, 1.807) is 11.8 Å². The third-order valence-electron chi connectivity index (χ3n) is 3.23. The van der Waals surface area contributed by atoms with Crippen LogP contribution in [0.1, 0.15) is 10.1 Å². The summed E-state index contributed by atoms with van der Waals surface area (Å²) in [6.45, 7) is 0. The number of hydrogen-bond donors (Lipinski definition) is 0. The van der Waals surface area contributed by atoms with Crippen molar-refractivity contribution >= 4 is 22.6 Å². The fourth-order valence-corrected chi connectivity index (χ4v) is 5.09. The van der Waals surface area contributed by atoms with E-state index in [0.717, 1.165) is 15.4 Å². The van der Waals surface area contributed by atoms with E-state index in [4.69, 9.17) is 0 Å². The summed E-state index contributed by atoms with van der Waals surface area (Å²) < 4.78 is 12.9. The molecule has 0 bridgehead atoms. The van der Waals surface area contributed by atoms with Gasteiger partial charge in [0.2, 0.25) is 0 Å². The lowest BCUT2D eigenvalue weighted by Gasteiger charge is -2.17. The molecule has 0 spiro atoms. The van der Waals surface area contributed by atoms with Crippen molar-refractivity contribution in [1.82, 2.24) is 0 Å². The highest BCUT2D eigenvalue weighted by molar-refractivity contribution is 8.10. The predicted octanol–water partition coefficient (Wildman–Crippen LogP) is 5.29. The van der Waals surface area contributed by atoms with Crippen LogP contribution in [-0.2, 0) is 10.8 Å². The Kier molecular flexibility index (Phi) is 5.09. The van der Waals surface area contributed by atoms with Crippen molar-refractivity contribution in [3.05, 3.63) is 96.6 Å². The highest BCUT2D eigenvalue weighted by atomic mass is 32.2. The highest BCUT2D eigenvalue weighted by Crippen LogP contribution is 2.40. The molecule has 0 amide bonds. The lowest BCUT2D eigenvalue weighted by atomic mass is 10.2. The topological polar surface area (TPSA) is 17.1 Å². The molecule has 3 heteroatoms. The van der Waals surface area contributed by atoms with Crippen molar-refractivity contribution in [2.24, 2.45) is 0 Å². The van der Waals surface area contributed by atoms with Crippen LogP contribution in [0.3, 0.4) is 0 Å². The fourth-order valence-electron chi connectivity index (χ4n) is 2.15. The molecule has 0 aliphatic heterocycles. The Balaban J connectivity index is 1.95. The van der Waals surface area contributed by atoms with Gasteiger partial charge in [-0.15, -0.1) is 11.8 Å². The van der Waals surface area contributed by atoms with Gasteiger partial charge < -0.3 is 0 Å². The van der Waals surface area contributed by atoms with Gasteiger partial charge in [-0.25, -0.2) is 0 Å². The quantitative estimate of drug-likeness (QED) is 0.594. The second kappa shape index (κ2) is 7.43. The van der Waals surface area contributed by atoms with Crippen molar-refractivity contribution in [3.63, 3.8) is 0 Å². The van der Waals surface area contributed by atoms with Gasteiger partial charge in [0.15, 0.2) is 0 Å². The van der Waals surface area contributed by atoms with Crippen LogP contribution in [0.4, 0.5) is 0 Å². The molecule has 2 unspecified atom stereocenters. The van der Waals surface area contributed by atoms with Crippen LogP contribution >= 0.6 is 11.8 Å². The van der Waals surface area contributed by atoms with Gasteiger partial charge in [-0.2, -0.15) is 0 Å². The maximum Gasteiger partial charge on any atom is 0.114 e. The van der Waals surface area contributed by atoms with Crippen LogP contribution in [0, 0.1) is 0 Å². The zero-order chi connectivity index (χ0) is 15.2. The van der Waals surface area contributed by atoms with E-state index in [9.17, 15) is 4.21 Å². The van der Waals surface area contributed by atoms with Crippen LogP contribution in [0.2, 0.25) is 0 Å². The molecule has 0 N–H and O–H groups in total. The molecule has 0 saturated carbocycles. The van der Waals surface area contributed by atoms with Crippen molar-refractivity contribution in [1.29, 1.82) is 0 Å². The Hall–Kier alpha value is -1.84. The van der Waals surface area contributed by atoms with Crippen LogP contribution in [0.25, 0.3) is 0 Å². The van der Waals surface area contributed by atoms with Crippen LogP contribution in [0.5, 0.6) is 0 Å². The highest BCUT2D eigenvalue weighted by Gasteiger charge is 2.21. The molecule has 0 aromatic heterocycles. The molecule has 22 heavy (non-hydrogen) atoms. The molecule has 1 nitrogen and oxygen atoms in total. The van der Waals surface area contributed by atoms with Crippen molar-refractivity contribution in [3.8, 4) is 0 Å². The number of benzene rings is 3. The van der Waals surface area contributed by atoms with E-state index >= 15 is 0 Å². The van der Waals surface area contributed by atoms with Crippen molar-refractivity contribution in [2.75, 3.05) is 0 Å². The predicted molar refractivity (Wildman–Crippen MR) is 94.3 cm³/mol. The van der Waals surface area contributed by atoms with Gasteiger partial charge in [-0.1, -0.05) is 66.7 Å². The Morgan fingerprint density at radius 2 is 1.18 bits per heavy atom. The van der Waals surface area contributed by atoms with Gasteiger partial charge in [0.05, 0.1) is 10.8 Å². The molecule has 0 fully saturated rings. The third-order valence-corrected chi connectivity index (χ3v) is 6.47. The molecule has 0 heterocycles. The average molecular weight is 324 g/mol. The molecule has 0 radical (unpaired) electrons. The van der Waals surface area contributed by atoms with Crippen LogP contribution in [0.15, 0.2) is 101 Å². The first-order valence-electron chi connectivity index (χ1n) is 7.07. The Morgan fingerprint density at radius 1 is 0.682 bits per heavy atom. The average Bonchev–Trinajstić information content (AvgIpc) is 2.61. The lowest BCUT2D eigenvalue weighted by Crippen LogP contribution is -2.03. The second-order valence-electron chi connectivity index (χ2n) is 4.78. The van der Waals surface area contributed by atoms with E-state index in [0.29, 0.717) is 0 Å². The summed E-state index contributed by atoms with van der Waals surface area (Å²) in [7, 11) is -1.11. The first-order valence-corrected chi connectivity index (χ1v) is 9.16. The number of rotatable bonds is 5. The maximum atomic E-state index is 13.0. The Morgan fingerprint density at radius 3 is 1.77 bits per heavy atom. The summed E-state index contributed by atoms with van der Waals surface area (Å²) in [5, 5.41) is 0. The summed E-state index contributed by atoms with van der Waals surface area (Å²) in [6, 6.07) is 29.9. The second-order valence-corrected chi connectivity index (χ2v) is 7.80. The van der Waals surface area contributed by atoms with Crippen molar-refractivity contribution < 1.29 is 4.21 Å². The van der Waals surface area contributed by atoms with Gasteiger partial charge in [-0.05, 0) is 29.8 Å². The number of thioether (sulfide) groups is 1. The zero-order valence-electron chi connectivity index (χ0n) is 12.0. The standard InChI is InChI=1S/C19H16OS2/c20-22(18-14-8-3-9-15-18)19(16-10-4-1-5-11-16)21-17-12-6-2-7-13-17/h1-15,19H. The maximum absolute atomic E-state index is 13.0. The van der Waals surface area contributed by atoms with Crippen molar-refractivity contribution in [2.45, 2.75) is 14.4 Å².